The molecular formula is C25H24N2O5. The summed E-state index contributed by atoms with van der Waals surface area (Å²) in [6.45, 7) is 2.75. The van der Waals surface area contributed by atoms with Gasteiger partial charge in [0.15, 0.2) is 0 Å². The van der Waals surface area contributed by atoms with Crippen LogP contribution < -0.4 is 14.9 Å². The Morgan fingerprint density at radius 2 is 1.53 bits per heavy atom. The van der Waals surface area contributed by atoms with E-state index in [1.54, 1.807) is 48.5 Å². The number of ether oxygens (including phenoxy) is 2. The third-order valence-corrected chi connectivity index (χ3v) is 4.46. The van der Waals surface area contributed by atoms with Crippen LogP contribution in [0.1, 0.15) is 46.0 Å². The second kappa shape index (κ2) is 11.3. The molecular weight excluding hydrogens is 408 g/mol. The Balaban J connectivity index is 1.50. The molecule has 0 heterocycles. The first-order valence-corrected chi connectivity index (χ1v) is 10.2. The van der Waals surface area contributed by atoms with Gasteiger partial charge in [0.1, 0.15) is 17.2 Å². The molecule has 0 aliphatic carbocycles. The van der Waals surface area contributed by atoms with Crippen molar-refractivity contribution in [2.45, 2.75) is 19.8 Å². The first kappa shape index (κ1) is 22.6. The number of phenolic OH excluding ortho intramolecular Hbond substituents is 1. The number of hydrogen-bond donors (Lipinski definition) is 2. The summed E-state index contributed by atoms with van der Waals surface area (Å²) in [5, 5.41) is 13.2. The molecule has 7 heteroatoms. The van der Waals surface area contributed by atoms with Gasteiger partial charge in [0.05, 0.1) is 18.4 Å². The van der Waals surface area contributed by atoms with Crippen molar-refractivity contribution in [1.82, 2.24) is 5.43 Å². The van der Waals surface area contributed by atoms with E-state index in [9.17, 15) is 14.7 Å². The Bertz CT molecular complexity index is 1060. The van der Waals surface area contributed by atoms with Gasteiger partial charge in [-0.15, -0.1) is 0 Å². The fourth-order valence-corrected chi connectivity index (χ4v) is 2.65. The second-order valence-electron chi connectivity index (χ2n) is 6.93. The molecule has 3 aromatic carbocycles. The van der Waals surface area contributed by atoms with Crippen LogP contribution in [0.4, 0.5) is 0 Å². The molecule has 1 amide bonds. The standard InChI is InChI=1S/C25H24N2O5/c1-2-3-16-31-22-14-8-20(9-15-22)25(30)32-23-12-4-18(5-13-23)17-26-27-24(29)19-6-10-21(28)11-7-19/h4-15,17,28H,2-3,16H2,1H3,(H,27,29)/b26-17+. The van der Waals surface area contributed by atoms with Gasteiger partial charge in [0.25, 0.3) is 5.91 Å². The smallest absolute Gasteiger partial charge is 0.343 e. The highest BCUT2D eigenvalue weighted by molar-refractivity contribution is 5.95. The minimum Gasteiger partial charge on any atom is -0.508 e. The average molecular weight is 432 g/mol. The Morgan fingerprint density at radius 3 is 2.19 bits per heavy atom. The highest BCUT2D eigenvalue weighted by Crippen LogP contribution is 2.17. The lowest BCUT2D eigenvalue weighted by Crippen LogP contribution is -2.17. The summed E-state index contributed by atoms with van der Waals surface area (Å²) in [6.07, 6.45) is 3.51. The Kier molecular flexibility index (Phi) is 7.97. The van der Waals surface area contributed by atoms with Crippen LogP contribution >= 0.6 is 0 Å². The summed E-state index contributed by atoms with van der Waals surface area (Å²) in [4.78, 5) is 24.3. The zero-order chi connectivity index (χ0) is 22.8. The van der Waals surface area contributed by atoms with E-state index < -0.39 is 11.9 Å². The van der Waals surface area contributed by atoms with Crippen LogP contribution in [-0.2, 0) is 0 Å². The molecule has 0 saturated carbocycles. The SMILES string of the molecule is CCCCOc1ccc(C(=O)Oc2ccc(/C=N/NC(=O)c3ccc(O)cc3)cc2)cc1. The summed E-state index contributed by atoms with van der Waals surface area (Å²) in [7, 11) is 0. The fourth-order valence-electron chi connectivity index (χ4n) is 2.65. The van der Waals surface area contributed by atoms with E-state index in [0.717, 1.165) is 18.6 Å². The van der Waals surface area contributed by atoms with E-state index in [2.05, 4.69) is 17.5 Å². The van der Waals surface area contributed by atoms with Gasteiger partial charge in [0.2, 0.25) is 0 Å². The van der Waals surface area contributed by atoms with Gasteiger partial charge in [-0.05, 0) is 84.8 Å². The predicted octanol–water partition coefficient (Wildman–Crippen LogP) is 4.55. The Morgan fingerprint density at radius 1 is 0.906 bits per heavy atom. The zero-order valence-electron chi connectivity index (χ0n) is 17.7. The molecule has 32 heavy (non-hydrogen) atoms. The number of hydrazone groups is 1. The van der Waals surface area contributed by atoms with Gasteiger partial charge in [-0.25, -0.2) is 10.2 Å². The number of unbranched alkanes of at least 4 members (excludes halogenated alkanes) is 1. The summed E-state index contributed by atoms with van der Waals surface area (Å²) < 4.78 is 11.0. The van der Waals surface area contributed by atoms with Gasteiger partial charge in [-0.2, -0.15) is 5.10 Å². The highest BCUT2D eigenvalue weighted by atomic mass is 16.5. The van der Waals surface area contributed by atoms with E-state index in [1.165, 1.54) is 30.5 Å². The molecule has 2 N–H and O–H groups in total. The van der Waals surface area contributed by atoms with Gasteiger partial charge >= 0.3 is 5.97 Å². The number of rotatable bonds is 9. The second-order valence-corrected chi connectivity index (χ2v) is 6.93. The number of phenols is 1. The molecule has 0 aliphatic heterocycles. The van der Waals surface area contributed by atoms with E-state index in [-0.39, 0.29) is 5.75 Å². The van der Waals surface area contributed by atoms with E-state index in [1.807, 2.05) is 0 Å². The number of carbonyl (C=O) groups excluding carboxylic acids is 2. The van der Waals surface area contributed by atoms with Crippen LogP contribution in [0.25, 0.3) is 0 Å². The van der Waals surface area contributed by atoms with Crippen molar-refractivity contribution < 1.29 is 24.2 Å². The molecule has 0 aromatic heterocycles. The van der Waals surface area contributed by atoms with Crippen molar-refractivity contribution in [3.05, 3.63) is 89.5 Å². The first-order valence-electron chi connectivity index (χ1n) is 10.2. The quantitative estimate of drug-likeness (QED) is 0.170. The number of aromatic hydroxyl groups is 1. The molecule has 0 radical (unpaired) electrons. The Hall–Kier alpha value is -4.13. The van der Waals surface area contributed by atoms with Gasteiger partial charge < -0.3 is 14.6 Å². The van der Waals surface area contributed by atoms with E-state index >= 15 is 0 Å². The molecule has 0 unspecified atom stereocenters. The van der Waals surface area contributed by atoms with Crippen LogP contribution in [0.2, 0.25) is 0 Å². The molecule has 0 spiro atoms. The number of nitrogens with one attached hydrogen (secondary N) is 1. The van der Waals surface area contributed by atoms with Crippen LogP contribution in [-0.4, -0.2) is 29.8 Å². The normalized spacial score (nSPS) is 10.7. The molecule has 3 rings (SSSR count). The number of amides is 1. The van der Waals surface area contributed by atoms with Crippen LogP contribution in [0.5, 0.6) is 17.2 Å². The third kappa shape index (κ3) is 6.70. The first-order chi connectivity index (χ1) is 15.5. The number of benzene rings is 3. The lowest BCUT2D eigenvalue weighted by molar-refractivity contribution is 0.0734. The highest BCUT2D eigenvalue weighted by Gasteiger charge is 2.09. The maximum absolute atomic E-state index is 12.3. The van der Waals surface area contributed by atoms with Crippen molar-refractivity contribution in [3.8, 4) is 17.2 Å². The third-order valence-electron chi connectivity index (χ3n) is 4.46. The van der Waals surface area contributed by atoms with E-state index in [4.69, 9.17) is 9.47 Å². The summed E-state index contributed by atoms with van der Waals surface area (Å²) in [5.74, 6) is 0.334. The lowest BCUT2D eigenvalue weighted by Gasteiger charge is -2.07. The molecule has 0 aliphatic rings. The monoisotopic (exact) mass is 432 g/mol. The van der Waals surface area contributed by atoms with Crippen molar-refractivity contribution >= 4 is 18.1 Å². The largest absolute Gasteiger partial charge is 0.508 e. The Labute approximate surface area is 186 Å². The lowest BCUT2D eigenvalue weighted by atomic mass is 10.2. The van der Waals surface area contributed by atoms with Crippen molar-refractivity contribution in [1.29, 1.82) is 0 Å². The minimum absolute atomic E-state index is 0.0827. The van der Waals surface area contributed by atoms with Crippen molar-refractivity contribution in [3.63, 3.8) is 0 Å². The number of esters is 1. The molecule has 0 fully saturated rings. The number of hydrogen-bond acceptors (Lipinski definition) is 6. The van der Waals surface area contributed by atoms with Gasteiger partial charge in [-0.3, -0.25) is 4.79 Å². The maximum Gasteiger partial charge on any atom is 0.343 e. The van der Waals surface area contributed by atoms with E-state index in [0.29, 0.717) is 29.0 Å². The molecule has 0 atom stereocenters. The van der Waals surface area contributed by atoms with Crippen LogP contribution in [0.15, 0.2) is 77.9 Å². The maximum atomic E-state index is 12.3. The fraction of sp³-hybridized carbons (Fsp3) is 0.160. The molecule has 3 aromatic rings. The average Bonchev–Trinajstić information content (AvgIpc) is 2.81. The van der Waals surface area contributed by atoms with Crippen LogP contribution in [0.3, 0.4) is 0 Å². The number of carbonyl (C=O) groups is 2. The summed E-state index contributed by atoms with van der Waals surface area (Å²) in [6, 6.07) is 19.4. The van der Waals surface area contributed by atoms with Gasteiger partial charge in [0, 0.05) is 5.56 Å². The van der Waals surface area contributed by atoms with Crippen molar-refractivity contribution in [2.75, 3.05) is 6.61 Å². The van der Waals surface area contributed by atoms with Crippen LogP contribution in [0, 0.1) is 0 Å². The topological polar surface area (TPSA) is 97.2 Å². The molecule has 164 valence electrons. The summed E-state index contributed by atoms with van der Waals surface area (Å²) >= 11 is 0. The summed E-state index contributed by atoms with van der Waals surface area (Å²) in [5.41, 5.74) is 3.93. The zero-order valence-corrected chi connectivity index (χ0v) is 17.7. The molecule has 0 bridgehead atoms. The predicted molar refractivity (Wildman–Crippen MR) is 121 cm³/mol. The van der Waals surface area contributed by atoms with Gasteiger partial charge in [-0.1, -0.05) is 13.3 Å². The van der Waals surface area contributed by atoms with Crippen molar-refractivity contribution in [2.24, 2.45) is 5.10 Å². The molecule has 7 nitrogen and oxygen atoms in total. The molecule has 0 saturated heterocycles. The minimum atomic E-state index is -0.465. The number of nitrogens with zero attached hydrogens (tertiary/aromatic N) is 1.